The van der Waals surface area contributed by atoms with Gasteiger partial charge in [-0.3, -0.25) is 4.90 Å². The molecule has 1 aromatic carbocycles. The van der Waals surface area contributed by atoms with Gasteiger partial charge < -0.3 is 9.64 Å². The molecule has 2 atom stereocenters. The third kappa shape index (κ3) is 4.96. The molecule has 0 bridgehead atoms. The zero-order valence-electron chi connectivity index (χ0n) is 15.1. The summed E-state index contributed by atoms with van der Waals surface area (Å²) in [5.41, 5.74) is 0.875. The summed E-state index contributed by atoms with van der Waals surface area (Å²) < 4.78 is 5.58. The van der Waals surface area contributed by atoms with Gasteiger partial charge in [-0.25, -0.2) is 4.79 Å². The highest BCUT2D eigenvalue weighted by atomic mass is 16.6. The van der Waals surface area contributed by atoms with E-state index in [4.69, 9.17) is 4.74 Å². The lowest BCUT2D eigenvalue weighted by molar-refractivity contribution is -0.0158. The van der Waals surface area contributed by atoms with Crippen molar-refractivity contribution >= 4 is 6.09 Å². The van der Waals surface area contributed by atoms with Gasteiger partial charge in [-0.15, -0.1) is 0 Å². The highest BCUT2D eigenvalue weighted by molar-refractivity contribution is 5.68. The van der Waals surface area contributed by atoms with Crippen LogP contribution in [0.5, 0.6) is 0 Å². The first-order valence-electron chi connectivity index (χ1n) is 8.57. The minimum Gasteiger partial charge on any atom is -0.444 e. The molecule has 0 N–H and O–H groups in total. The van der Waals surface area contributed by atoms with Crippen LogP contribution in [0.4, 0.5) is 4.79 Å². The fraction of sp³-hybridized carbons (Fsp3) is 0.632. The molecule has 1 aromatic rings. The molecular weight excluding hydrogens is 288 g/mol. The first-order chi connectivity index (χ1) is 10.8. The van der Waals surface area contributed by atoms with Gasteiger partial charge in [-0.2, -0.15) is 0 Å². The molecule has 0 spiro atoms. The van der Waals surface area contributed by atoms with Crippen molar-refractivity contribution < 1.29 is 9.53 Å². The maximum absolute atomic E-state index is 12.5. The second-order valence-corrected chi connectivity index (χ2v) is 7.46. The number of hydrogen-bond acceptors (Lipinski definition) is 3. The largest absolute Gasteiger partial charge is 0.444 e. The van der Waals surface area contributed by atoms with Gasteiger partial charge >= 0.3 is 6.09 Å². The summed E-state index contributed by atoms with van der Waals surface area (Å²) in [7, 11) is 0. The Bertz CT molecular complexity index is 510. The van der Waals surface area contributed by atoms with Crippen molar-refractivity contribution in [2.45, 2.75) is 65.3 Å². The fourth-order valence-electron chi connectivity index (χ4n) is 3.03. The maximum Gasteiger partial charge on any atom is 0.410 e. The number of carbonyl (C=O) groups excluding carboxylic acids is 1. The van der Waals surface area contributed by atoms with Gasteiger partial charge in [0.05, 0.1) is 0 Å². The summed E-state index contributed by atoms with van der Waals surface area (Å²) in [5.74, 6) is 0. The number of hydrogen-bond donors (Lipinski definition) is 0. The molecule has 0 aromatic heterocycles. The Morgan fingerprint density at radius 3 is 2.43 bits per heavy atom. The first-order valence-corrected chi connectivity index (χ1v) is 8.57. The van der Waals surface area contributed by atoms with E-state index in [9.17, 15) is 4.79 Å². The minimum absolute atomic E-state index is 0.185. The Balaban J connectivity index is 2.04. The summed E-state index contributed by atoms with van der Waals surface area (Å²) in [6.07, 6.45) is 0.757. The molecule has 1 saturated heterocycles. The molecule has 1 fully saturated rings. The van der Waals surface area contributed by atoms with Crippen molar-refractivity contribution in [3.63, 3.8) is 0 Å². The van der Waals surface area contributed by atoms with Crippen molar-refractivity contribution in [3.8, 4) is 0 Å². The molecule has 0 unspecified atom stereocenters. The zero-order valence-corrected chi connectivity index (χ0v) is 15.1. The molecule has 4 heteroatoms. The molecule has 2 rings (SSSR count). The monoisotopic (exact) mass is 318 g/mol. The number of ether oxygens (including phenoxy) is 1. The van der Waals surface area contributed by atoms with Crippen LogP contribution in [0.25, 0.3) is 0 Å². The molecule has 1 heterocycles. The molecule has 4 nitrogen and oxygen atoms in total. The highest BCUT2D eigenvalue weighted by Crippen LogP contribution is 2.22. The van der Waals surface area contributed by atoms with E-state index in [2.05, 4.69) is 43.0 Å². The average molecular weight is 318 g/mol. The van der Waals surface area contributed by atoms with Crippen molar-refractivity contribution in [2.24, 2.45) is 0 Å². The van der Waals surface area contributed by atoms with E-state index in [1.807, 2.05) is 31.7 Å². The van der Waals surface area contributed by atoms with E-state index in [1.54, 1.807) is 0 Å². The lowest BCUT2D eigenvalue weighted by atomic mass is 10.0. The van der Waals surface area contributed by atoms with Crippen molar-refractivity contribution in [1.82, 2.24) is 9.80 Å². The quantitative estimate of drug-likeness (QED) is 0.847. The summed E-state index contributed by atoms with van der Waals surface area (Å²) >= 11 is 0. The van der Waals surface area contributed by atoms with Crippen LogP contribution in [-0.2, 0) is 11.3 Å². The van der Waals surface area contributed by atoms with Gasteiger partial charge in [0.25, 0.3) is 0 Å². The van der Waals surface area contributed by atoms with Gasteiger partial charge in [0.2, 0.25) is 0 Å². The van der Waals surface area contributed by atoms with Crippen LogP contribution in [0.3, 0.4) is 0 Å². The van der Waals surface area contributed by atoms with Gasteiger partial charge in [-0.05, 0) is 39.7 Å². The Morgan fingerprint density at radius 2 is 1.87 bits per heavy atom. The topological polar surface area (TPSA) is 32.8 Å². The highest BCUT2D eigenvalue weighted by Gasteiger charge is 2.35. The number of amides is 1. The lowest BCUT2D eigenvalue weighted by Gasteiger charge is -2.45. The van der Waals surface area contributed by atoms with Gasteiger partial charge in [-0.1, -0.05) is 37.3 Å². The number of carbonyl (C=O) groups is 1. The van der Waals surface area contributed by atoms with Crippen LogP contribution in [0.1, 0.15) is 46.6 Å². The van der Waals surface area contributed by atoms with Crippen LogP contribution < -0.4 is 0 Å². The molecule has 23 heavy (non-hydrogen) atoms. The number of piperazine rings is 1. The van der Waals surface area contributed by atoms with E-state index in [-0.39, 0.29) is 12.1 Å². The molecule has 0 radical (unpaired) electrons. The molecule has 1 amide bonds. The molecule has 1 aliphatic rings. The van der Waals surface area contributed by atoms with E-state index in [0.717, 1.165) is 26.1 Å². The second kappa shape index (κ2) is 7.35. The Morgan fingerprint density at radius 1 is 1.22 bits per heavy atom. The molecule has 0 saturated carbocycles. The lowest BCUT2D eigenvalue weighted by Crippen LogP contribution is -2.59. The third-order valence-corrected chi connectivity index (χ3v) is 4.30. The summed E-state index contributed by atoms with van der Waals surface area (Å²) in [6, 6.07) is 11.1. The average Bonchev–Trinajstić information content (AvgIpc) is 2.48. The van der Waals surface area contributed by atoms with Gasteiger partial charge in [0.1, 0.15) is 5.60 Å². The fourth-order valence-corrected chi connectivity index (χ4v) is 3.03. The maximum atomic E-state index is 12.5. The number of nitrogens with zero attached hydrogens (tertiary/aromatic N) is 2. The van der Waals surface area contributed by atoms with E-state index < -0.39 is 5.60 Å². The van der Waals surface area contributed by atoms with Crippen LogP contribution in [0, 0.1) is 0 Å². The second-order valence-electron chi connectivity index (χ2n) is 7.46. The SMILES string of the molecule is CC[C@@H]1CN(Cc2ccccc2)[C@@H](C)CN1C(=O)OC(C)(C)C. The molecule has 0 aliphatic carbocycles. The molecular formula is C19H30N2O2. The van der Waals surface area contributed by atoms with E-state index >= 15 is 0 Å². The minimum atomic E-state index is -0.445. The smallest absolute Gasteiger partial charge is 0.410 e. The van der Waals surface area contributed by atoms with Crippen molar-refractivity contribution in [1.29, 1.82) is 0 Å². The predicted octanol–water partition coefficient (Wildman–Crippen LogP) is 3.91. The van der Waals surface area contributed by atoms with Gasteiger partial charge in [0.15, 0.2) is 0 Å². The Kier molecular flexibility index (Phi) is 5.69. The normalized spacial score (nSPS) is 22.9. The Hall–Kier alpha value is -1.55. The van der Waals surface area contributed by atoms with Gasteiger partial charge in [0, 0.05) is 31.7 Å². The predicted molar refractivity (Wildman–Crippen MR) is 93.3 cm³/mol. The van der Waals surface area contributed by atoms with Crippen LogP contribution in [0.15, 0.2) is 30.3 Å². The molecule has 1 aliphatic heterocycles. The zero-order chi connectivity index (χ0) is 17.0. The van der Waals surface area contributed by atoms with Crippen molar-refractivity contribution in [2.75, 3.05) is 13.1 Å². The Labute approximate surface area is 140 Å². The first kappa shape index (κ1) is 17.8. The van der Waals surface area contributed by atoms with Crippen LogP contribution in [-0.4, -0.2) is 46.7 Å². The summed E-state index contributed by atoms with van der Waals surface area (Å²) in [5, 5.41) is 0. The summed E-state index contributed by atoms with van der Waals surface area (Å²) in [4.78, 5) is 16.9. The summed E-state index contributed by atoms with van der Waals surface area (Å²) in [6.45, 7) is 12.6. The standard InChI is InChI=1S/C19H30N2O2/c1-6-17-14-20(13-16-10-8-7-9-11-16)15(2)12-21(17)18(22)23-19(3,4)5/h7-11,15,17H,6,12-14H2,1-5H3/t15-,17+/m0/s1. The van der Waals surface area contributed by atoms with Crippen molar-refractivity contribution in [3.05, 3.63) is 35.9 Å². The van der Waals surface area contributed by atoms with Crippen LogP contribution >= 0.6 is 0 Å². The molecule has 128 valence electrons. The van der Waals surface area contributed by atoms with Crippen LogP contribution in [0.2, 0.25) is 0 Å². The van der Waals surface area contributed by atoms with E-state index in [1.165, 1.54) is 5.56 Å². The number of rotatable bonds is 3. The van der Waals surface area contributed by atoms with E-state index in [0.29, 0.717) is 6.04 Å². The number of benzene rings is 1. The third-order valence-electron chi connectivity index (χ3n) is 4.30.